The largest absolute Gasteiger partial charge is 0.478 e. The minimum atomic E-state index is -2.86. The fourth-order valence-corrected chi connectivity index (χ4v) is 0.757. The van der Waals surface area contributed by atoms with Crippen LogP contribution >= 0.6 is 0 Å². The minimum absolute atomic E-state index is 0.0173. The molecular weight excluding hydrogens is 222 g/mol. The zero-order valence-corrected chi connectivity index (χ0v) is 7.89. The Bertz CT molecular complexity index is 405. The standard InChI is InChI=1S/C8H8F2N4O2/c9-6(10)7(11)14-13-5-2-1-4(3-12-5)8(15)16/h1-3,6H,(H2,11,14)(H,12,13)(H,15,16). The number of aromatic carboxylic acids is 1. The van der Waals surface area contributed by atoms with E-state index in [1.54, 1.807) is 0 Å². The molecule has 0 aliphatic rings. The van der Waals surface area contributed by atoms with Gasteiger partial charge in [-0.3, -0.25) is 5.43 Å². The Morgan fingerprint density at radius 1 is 1.56 bits per heavy atom. The Morgan fingerprint density at radius 2 is 2.25 bits per heavy atom. The van der Waals surface area contributed by atoms with Crippen molar-refractivity contribution in [1.82, 2.24) is 4.98 Å². The van der Waals surface area contributed by atoms with E-state index in [1.165, 1.54) is 12.1 Å². The molecule has 0 amide bonds. The fourth-order valence-electron chi connectivity index (χ4n) is 0.757. The van der Waals surface area contributed by atoms with Crippen molar-refractivity contribution in [1.29, 1.82) is 0 Å². The van der Waals surface area contributed by atoms with Gasteiger partial charge < -0.3 is 10.8 Å². The van der Waals surface area contributed by atoms with Crippen molar-refractivity contribution >= 4 is 17.6 Å². The maximum absolute atomic E-state index is 11.9. The molecule has 0 fully saturated rings. The van der Waals surface area contributed by atoms with Crippen LogP contribution in [0.3, 0.4) is 0 Å². The lowest BCUT2D eigenvalue weighted by Crippen LogP contribution is -2.22. The van der Waals surface area contributed by atoms with Crippen molar-refractivity contribution in [3.63, 3.8) is 0 Å². The average molecular weight is 230 g/mol. The van der Waals surface area contributed by atoms with E-state index in [1.807, 2.05) is 0 Å². The van der Waals surface area contributed by atoms with Gasteiger partial charge in [-0.15, -0.1) is 0 Å². The Kier molecular flexibility index (Phi) is 3.70. The van der Waals surface area contributed by atoms with Crippen LogP contribution in [-0.4, -0.2) is 28.3 Å². The Morgan fingerprint density at radius 3 is 2.69 bits per heavy atom. The quantitative estimate of drug-likeness (QED) is 0.402. The normalized spacial score (nSPS) is 11.6. The van der Waals surface area contributed by atoms with Gasteiger partial charge in [0.25, 0.3) is 6.43 Å². The van der Waals surface area contributed by atoms with Gasteiger partial charge in [0, 0.05) is 6.20 Å². The lowest BCUT2D eigenvalue weighted by molar-refractivity contribution is 0.0696. The number of nitrogens with zero attached hydrogens (tertiary/aromatic N) is 2. The topological polar surface area (TPSA) is 101 Å². The van der Waals surface area contributed by atoms with E-state index in [0.29, 0.717) is 0 Å². The molecule has 16 heavy (non-hydrogen) atoms. The number of hydrazone groups is 1. The molecule has 0 saturated carbocycles. The van der Waals surface area contributed by atoms with Crippen LogP contribution in [0.2, 0.25) is 0 Å². The summed E-state index contributed by atoms with van der Waals surface area (Å²) in [6, 6.07) is 2.54. The number of hydrogen-bond acceptors (Lipinski definition) is 4. The van der Waals surface area contributed by atoms with Crippen molar-refractivity contribution in [2.75, 3.05) is 5.43 Å². The molecule has 0 atom stereocenters. The highest BCUT2D eigenvalue weighted by Crippen LogP contribution is 2.05. The van der Waals surface area contributed by atoms with Gasteiger partial charge >= 0.3 is 5.97 Å². The number of pyridine rings is 1. The first-order chi connectivity index (χ1) is 7.50. The number of nitrogens with one attached hydrogen (secondary N) is 1. The highest BCUT2D eigenvalue weighted by atomic mass is 19.3. The van der Waals surface area contributed by atoms with E-state index in [4.69, 9.17) is 10.8 Å². The molecule has 0 aliphatic heterocycles. The van der Waals surface area contributed by atoms with Gasteiger partial charge in [0.05, 0.1) is 5.56 Å². The van der Waals surface area contributed by atoms with Gasteiger partial charge in [-0.1, -0.05) is 0 Å². The number of carboxylic acids is 1. The van der Waals surface area contributed by atoms with Crippen molar-refractivity contribution < 1.29 is 18.7 Å². The second-order valence-electron chi connectivity index (χ2n) is 2.69. The number of hydrogen-bond donors (Lipinski definition) is 3. The Labute approximate surface area is 88.8 Å². The van der Waals surface area contributed by atoms with Crippen LogP contribution in [0.25, 0.3) is 0 Å². The first-order valence-corrected chi connectivity index (χ1v) is 4.07. The summed E-state index contributed by atoms with van der Waals surface area (Å²) in [4.78, 5) is 14.1. The molecule has 0 bridgehead atoms. The van der Waals surface area contributed by atoms with Gasteiger partial charge in [-0.25, -0.2) is 18.6 Å². The SMILES string of the molecule is N/C(=N\Nc1ccc(C(=O)O)cn1)C(F)F. The number of carbonyl (C=O) groups is 1. The molecule has 1 rings (SSSR count). The van der Waals surface area contributed by atoms with E-state index in [0.717, 1.165) is 6.20 Å². The zero-order valence-electron chi connectivity index (χ0n) is 7.89. The Hall–Kier alpha value is -2.25. The number of carboxylic acid groups (broad SMARTS) is 1. The lowest BCUT2D eigenvalue weighted by Gasteiger charge is -2.01. The third-order valence-corrected chi connectivity index (χ3v) is 1.53. The maximum atomic E-state index is 11.9. The molecule has 1 heterocycles. The molecule has 0 radical (unpaired) electrons. The number of amidine groups is 1. The highest BCUT2D eigenvalue weighted by Gasteiger charge is 2.07. The molecule has 86 valence electrons. The second kappa shape index (κ2) is 5.01. The number of halogens is 2. The van der Waals surface area contributed by atoms with Gasteiger partial charge in [0.15, 0.2) is 5.84 Å². The Balaban J connectivity index is 2.69. The van der Waals surface area contributed by atoms with Crippen LogP contribution in [-0.2, 0) is 0 Å². The number of rotatable bonds is 4. The van der Waals surface area contributed by atoms with Gasteiger partial charge in [-0.05, 0) is 12.1 Å². The third kappa shape index (κ3) is 3.15. The monoisotopic (exact) mass is 230 g/mol. The first kappa shape index (κ1) is 11.8. The average Bonchev–Trinajstić information content (AvgIpc) is 2.26. The molecule has 0 aromatic carbocycles. The summed E-state index contributed by atoms with van der Waals surface area (Å²) in [5.74, 6) is -1.88. The lowest BCUT2D eigenvalue weighted by atomic mass is 10.3. The molecule has 1 aromatic heterocycles. The molecule has 0 unspecified atom stereocenters. The van der Waals surface area contributed by atoms with Crippen LogP contribution in [0, 0.1) is 0 Å². The summed E-state index contributed by atoms with van der Waals surface area (Å²) in [5.41, 5.74) is 7.01. The molecular formula is C8H8F2N4O2. The first-order valence-electron chi connectivity index (χ1n) is 4.07. The van der Waals surface area contributed by atoms with Gasteiger partial charge in [0.1, 0.15) is 5.82 Å². The van der Waals surface area contributed by atoms with Crippen molar-refractivity contribution in [3.05, 3.63) is 23.9 Å². The molecule has 0 saturated heterocycles. The van der Waals surface area contributed by atoms with E-state index in [2.05, 4.69) is 15.5 Å². The maximum Gasteiger partial charge on any atom is 0.337 e. The number of anilines is 1. The van der Waals surface area contributed by atoms with Crippen molar-refractivity contribution in [2.24, 2.45) is 10.8 Å². The smallest absolute Gasteiger partial charge is 0.337 e. The van der Waals surface area contributed by atoms with E-state index in [9.17, 15) is 13.6 Å². The number of nitrogens with two attached hydrogens (primary N) is 1. The number of alkyl halides is 2. The summed E-state index contributed by atoms with van der Waals surface area (Å²) in [7, 11) is 0. The van der Waals surface area contributed by atoms with Crippen LogP contribution in [0.15, 0.2) is 23.4 Å². The number of aromatic nitrogens is 1. The summed E-state index contributed by atoms with van der Waals surface area (Å²) in [6.45, 7) is 0. The highest BCUT2D eigenvalue weighted by molar-refractivity contribution is 5.87. The van der Waals surface area contributed by atoms with E-state index < -0.39 is 18.2 Å². The molecule has 8 heteroatoms. The summed E-state index contributed by atoms with van der Waals surface area (Å²) in [5, 5.41) is 11.7. The molecule has 0 aliphatic carbocycles. The second-order valence-corrected chi connectivity index (χ2v) is 2.69. The predicted molar refractivity (Wildman–Crippen MR) is 52.4 cm³/mol. The molecule has 4 N–H and O–H groups in total. The molecule has 6 nitrogen and oxygen atoms in total. The van der Waals surface area contributed by atoms with E-state index >= 15 is 0 Å². The van der Waals surface area contributed by atoms with Crippen LogP contribution in [0.1, 0.15) is 10.4 Å². The van der Waals surface area contributed by atoms with Crippen LogP contribution in [0.4, 0.5) is 14.6 Å². The predicted octanol–water partition coefficient (Wildman–Crippen LogP) is 0.729. The van der Waals surface area contributed by atoms with Crippen molar-refractivity contribution in [2.45, 2.75) is 6.43 Å². The van der Waals surface area contributed by atoms with Crippen molar-refractivity contribution in [3.8, 4) is 0 Å². The minimum Gasteiger partial charge on any atom is -0.478 e. The van der Waals surface area contributed by atoms with Gasteiger partial charge in [-0.2, -0.15) is 5.10 Å². The van der Waals surface area contributed by atoms with Gasteiger partial charge in [0.2, 0.25) is 0 Å². The third-order valence-electron chi connectivity index (χ3n) is 1.53. The van der Waals surface area contributed by atoms with Crippen LogP contribution in [0.5, 0.6) is 0 Å². The van der Waals surface area contributed by atoms with E-state index in [-0.39, 0.29) is 11.4 Å². The zero-order chi connectivity index (χ0) is 12.1. The fraction of sp³-hybridized carbons (Fsp3) is 0.125. The summed E-state index contributed by atoms with van der Waals surface area (Å²) in [6.07, 6.45) is -1.79. The summed E-state index contributed by atoms with van der Waals surface area (Å²) >= 11 is 0. The molecule has 1 aromatic rings. The summed E-state index contributed by atoms with van der Waals surface area (Å²) < 4.78 is 23.8. The van der Waals surface area contributed by atoms with Crippen LogP contribution < -0.4 is 11.2 Å². The molecule has 0 spiro atoms.